The SMILES string of the molecule is CN(c1ccnc(NCCc2ccc([C@H](CC(C)(C)C)OC(N)=O)cc2)n1)c1ccnc(-c2ccccc2)n1. The molecule has 2 aromatic heterocycles. The maximum Gasteiger partial charge on any atom is 0.405 e. The van der Waals surface area contributed by atoms with Crippen LogP contribution in [0.4, 0.5) is 22.4 Å². The number of aromatic nitrogens is 4. The Morgan fingerprint density at radius 1 is 0.949 bits per heavy atom. The van der Waals surface area contributed by atoms with E-state index < -0.39 is 6.09 Å². The number of nitrogens with two attached hydrogens (primary N) is 1. The lowest BCUT2D eigenvalue weighted by molar-refractivity contribution is 0.0789. The number of primary amides is 1. The van der Waals surface area contributed by atoms with E-state index in [0.717, 1.165) is 28.9 Å². The number of carbonyl (C=O) groups is 1. The Morgan fingerprint density at radius 2 is 1.62 bits per heavy atom. The van der Waals surface area contributed by atoms with Crippen molar-refractivity contribution in [3.8, 4) is 11.4 Å². The number of amides is 1. The van der Waals surface area contributed by atoms with Crippen LogP contribution < -0.4 is 16.0 Å². The van der Waals surface area contributed by atoms with Gasteiger partial charge in [0.25, 0.3) is 0 Å². The fraction of sp³-hybridized carbons (Fsp3) is 0.300. The lowest BCUT2D eigenvalue weighted by atomic mass is 9.86. The van der Waals surface area contributed by atoms with E-state index in [1.807, 2.05) is 78.7 Å². The third kappa shape index (κ3) is 7.98. The second-order valence-corrected chi connectivity index (χ2v) is 10.5. The average molecular weight is 526 g/mol. The Bertz CT molecular complexity index is 1370. The lowest BCUT2D eigenvalue weighted by Gasteiger charge is -2.25. The molecule has 0 unspecified atom stereocenters. The molecule has 1 atom stereocenters. The van der Waals surface area contributed by atoms with Gasteiger partial charge in [0.1, 0.15) is 17.7 Å². The quantitative estimate of drug-likeness (QED) is 0.261. The Morgan fingerprint density at radius 3 is 2.28 bits per heavy atom. The minimum atomic E-state index is -0.762. The highest BCUT2D eigenvalue weighted by atomic mass is 16.6. The Kier molecular flexibility index (Phi) is 8.70. The fourth-order valence-electron chi connectivity index (χ4n) is 4.14. The maximum absolute atomic E-state index is 11.4. The fourth-order valence-corrected chi connectivity index (χ4v) is 4.14. The normalized spacial score (nSPS) is 12.0. The molecule has 9 heteroatoms. The van der Waals surface area contributed by atoms with E-state index in [1.54, 1.807) is 12.4 Å². The van der Waals surface area contributed by atoms with E-state index in [0.29, 0.717) is 30.6 Å². The van der Waals surface area contributed by atoms with Gasteiger partial charge in [0.15, 0.2) is 5.82 Å². The average Bonchev–Trinajstić information content (AvgIpc) is 2.92. The zero-order chi connectivity index (χ0) is 27.8. The summed E-state index contributed by atoms with van der Waals surface area (Å²) in [6, 6.07) is 21.6. The van der Waals surface area contributed by atoms with E-state index in [-0.39, 0.29) is 11.5 Å². The standard InChI is InChI=1S/C30H35N7O2/c1-30(2,3)20-24(39-28(31)38)22-12-10-21(11-13-22)14-17-33-29-34-19-16-26(36-29)37(4)25-15-18-32-27(35-25)23-8-6-5-7-9-23/h5-13,15-16,18-19,24H,14,17,20H2,1-4H3,(H2,31,38)(H,33,34,36)/t24-/m0/s1. The molecular weight excluding hydrogens is 490 g/mol. The summed E-state index contributed by atoms with van der Waals surface area (Å²) in [5, 5.41) is 3.30. The molecule has 9 nitrogen and oxygen atoms in total. The van der Waals surface area contributed by atoms with Crippen molar-refractivity contribution in [2.75, 3.05) is 23.8 Å². The molecule has 0 aliphatic rings. The van der Waals surface area contributed by atoms with E-state index in [9.17, 15) is 4.79 Å². The van der Waals surface area contributed by atoms with Gasteiger partial charge < -0.3 is 20.7 Å². The number of benzene rings is 2. The van der Waals surface area contributed by atoms with Crippen molar-refractivity contribution in [3.63, 3.8) is 0 Å². The lowest BCUT2D eigenvalue weighted by Crippen LogP contribution is -2.21. The van der Waals surface area contributed by atoms with Gasteiger partial charge >= 0.3 is 6.09 Å². The molecule has 4 aromatic rings. The summed E-state index contributed by atoms with van der Waals surface area (Å²) in [6.07, 6.45) is 3.79. The van der Waals surface area contributed by atoms with E-state index in [4.69, 9.17) is 15.5 Å². The summed E-state index contributed by atoms with van der Waals surface area (Å²) in [7, 11) is 1.92. The molecule has 1 amide bonds. The molecule has 0 aliphatic heterocycles. The predicted molar refractivity (Wildman–Crippen MR) is 154 cm³/mol. The highest BCUT2D eigenvalue weighted by Gasteiger charge is 2.23. The number of ether oxygens (including phenoxy) is 1. The van der Waals surface area contributed by atoms with Crippen LogP contribution in [-0.4, -0.2) is 39.6 Å². The molecular formula is C30H35N7O2. The van der Waals surface area contributed by atoms with Crippen LogP contribution in [0.25, 0.3) is 11.4 Å². The van der Waals surface area contributed by atoms with Crippen LogP contribution in [0.15, 0.2) is 79.1 Å². The number of nitrogens with one attached hydrogen (secondary N) is 1. The molecule has 0 saturated carbocycles. The third-order valence-electron chi connectivity index (χ3n) is 6.11. The van der Waals surface area contributed by atoms with Crippen LogP contribution in [0.5, 0.6) is 0 Å². The number of anilines is 3. The second kappa shape index (κ2) is 12.3. The van der Waals surface area contributed by atoms with Crippen LogP contribution in [0, 0.1) is 5.41 Å². The van der Waals surface area contributed by atoms with Crippen LogP contribution in [-0.2, 0) is 11.2 Å². The molecule has 0 saturated heterocycles. The van der Waals surface area contributed by atoms with E-state index in [1.165, 1.54) is 0 Å². The number of hydrogen-bond donors (Lipinski definition) is 2. The smallest absolute Gasteiger partial charge is 0.405 e. The summed E-state index contributed by atoms with van der Waals surface area (Å²) in [5.41, 5.74) is 8.32. The molecule has 2 aromatic carbocycles. The number of nitrogens with zero attached hydrogens (tertiary/aromatic N) is 5. The summed E-state index contributed by atoms with van der Waals surface area (Å²) in [4.78, 5) is 31.5. The first-order valence-corrected chi connectivity index (χ1v) is 12.9. The highest BCUT2D eigenvalue weighted by Crippen LogP contribution is 2.32. The molecule has 0 spiro atoms. The monoisotopic (exact) mass is 525 g/mol. The predicted octanol–water partition coefficient (Wildman–Crippen LogP) is 5.93. The summed E-state index contributed by atoms with van der Waals surface area (Å²) in [5.74, 6) is 2.64. The summed E-state index contributed by atoms with van der Waals surface area (Å²) in [6.45, 7) is 6.97. The minimum Gasteiger partial charge on any atom is -0.441 e. The van der Waals surface area contributed by atoms with Gasteiger partial charge in [-0.2, -0.15) is 4.98 Å². The Labute approximate surface area is 229 Å². The molecule has 0 aliphatic carbocycles. The van der Waals surface area contributed by atoms with Gasteiger partial charge in [-0.25, -0.2) is 19.7 Å². The van der Waals surface area contributed by atoms with Crippen molar-refractivity contribution < 1.29 is 9.53 Å². The first kappa shape index (κ1) is 27.5. The van der Waals surface area contributed by atoms with Gasteiger partial charge in [0, 0.05) is 31.5 Å². The second-order valence-electron chi connectivity index (χ2n) is 10.5. The topological polar surface area (TPSA) is 119 Å². The molecule has 39 heavy (non-hydrogen) atoms. The third-order valence-corrected chi connectivity index (χ3v) is 6.11. The first-order valence-electron chi connectivity index (χ1n) is 12.9. The van der Waals surface area contributed by atoms with Gasteiger partial charge in [0.2, 0.25) is 5.95 Å². The van der Waals surface area contributed by atoms with E-state index in [2.05, 4.69) is 41.0 Å². The van der Waals surface area contributed by atoms with Gasteiger partial charge in [-0.1, -0.05) is 75.4 Å². The minimum absolute atomic E-state index is 0.0110. The van der Waals surface area contributed by atoms with Crippen molar-refractivity contribution >= 4 is 23.7 Å². The number of rotatable bonds is 10. The van der Waals surface area contributed by atoms with Gasteiger partial charge in [-0.15, -0.1) is 0 Å². The van der Waals surface area contributed by atoms with Crippen LogP contribution in [0.1, 0.15) is 44.4 Å². The van der Waals surface area contributed by atoms with Crippen LogP contribution in [0.2, 0.25) is 0 Å². The number of hydrogen-bond acceptors (Lipinski definition) is 8. The van der Waals surface area contributed by atoms with Crippen LogP contribution in [0.3, 0.4) is 0 Å². The zero-order valence-electron chi connectivity index (χ0n) is 22.8. The van der Waals surface area contributed by atoms with Crippen molar-refractivity contribution in [1.82, 2.24) is 19.9 Å². The molecule has 202 valence electrons. The maximum atomic E-state index is 11.4. The molecule has 0 fully saturated rings. The highest BCUT2D eigenvalue weighted by molar-refractivity contribution is 5.65. The van der Waals surface area contributed by atoms with E-state index >= 15 is 0 Å². The summed E-state index contributed by atoms with van der Waals surface area (Å²) < 4.78 is 5.38. The largest absolute Gasteiger partial charge is 0.441 e. The Hall–Kier alpha value is -4.53. The van der Waals surface area contributed by atoms with Gasteiger partial charge in [-0.05, 0) is 41.5 Å². The van der Waals surface area contributed by atoms with Crippen molar-refractivity contribution in [1.29, 1.82) is 0 Å². The van der Waals surface area contributed by atoms with Crippen molar-refractivity contribution in [3.05, 3.63) is 90.3 Å². The Balaban J connectivity index is 1.37. The molecule has 3 N–H and O–H groups in total. The molecule has 0 bridgehead atoms. The zero-order valence-corrected chi connectivity index (χ0v) is 22.8. The first-order chi connectivity index (χ1) is 18.7. The molecule has 0 radical (unpaired) electrons. The van der Waals surface area contributed by atoms with Gasteiger partial charge in [-0.3, -0.25) is 0 Å². The van der Waals surface area contributed by atoms with Crippen molar-refractivity contribution in [2.45, 2.75) is 39.7 Å². The molecule has 2 heterocycles. The molecule has 4 rings (SSSR count). The number of carbonyl (C=O) groups excluding carboxylic acids is 1. The van der Waals surface area contributed by atoms with Gasteiger partial charge in [0.05, 0.1) is 0 Å². The summed E-state index contributed by atoms with van der Waals surface area (Å²) >= 11 is 0. The van der Waals surface area contributed by atoms with Crippen molar-refractivity contribution in [2.24, 2.45) is 11.1 Å². The van der Waals surface area contributed by atoms with Crippen LogP contribution >= 0.6 is 0 Å².